The van der Waals surface area contributed by atoms with E-state index in [1.54, 1.807) is 30.4 Å². The molecule has 1 aromatic heterocycles. The topological polar surface area (TPSA) is 39.2 Å². The van der Waals surface area contributed by atoms with Crippen molar-refractivity contribution in [1.29, 1.82) is 0 Å². The minimum absolute atomic E-state index is 0.731. The number of furan rings is 1. The zero-order chi connectivity index (χ0) is 10.7. The van der Waals surface area contributed by atoms with E-state index < -0.39 is 0 Å². The van der Waals surface area contributed by atoms with E-state index in [9.17, 15) is 0 Å². The van der Waals surface area contributed by atoms with Crippen LogP contribution in [0.1, 0.15) is 5.56 Å². The molecule has 0 aliphatic rings. The Bertz CT molecular complexity index is 442. The van der Waals surface area contributed by atoms with Gasteiger partial charge in [0.05, 0.1) is 17.5 Å². The van der Waals surface area contributed by atoms with Crippen LogP contribution >= 0.6 is 23.4 Å². The average molecular weight is 240 g/mol. The van der Waals surface area contributed by atoms with Crippen molar-refractivity contribution in [3.05, 3.63) is 47.4 Å². The molecule has 0 saturated heterocycles. The molecule has 0 aliphatic carbocycles. The first-order valence-corrected chi connectivity index (χ1v) is 5.81. The highest BCUT2D eigenvalue weighted by Gasteiger charge is 2.02. The minimum Gasteiger partial charge on any atom is -0.472 e. The number of rotatable bonds is 3. The van der Waals surface area contributed by atoms with Crippen LogP contribution in [0.5, 0.6) is 0 Å². The number of benzene rings is 1. The van der Waals surface area contributed by atoms with Crippen LogP contribution in [-0.2, 0) is 5.75 Å². The van der Waals surface area contributed by atoms with Gasteiger partial charge in [0.15, 0.2) is 0 Å². The number of nitrogen functional groups attached to an aromatic ring is 1. The van der Waals surface area contributed by atoms with E-state index >= 15 is 0 Å². The first-order valence-electron chi connectivity index (χ1n) is 4.44. The van der Waals surface area contributed by atoms with Crippen LogP contribution in [0.15, 0.2) is 46.1 Å². The molecule has 0 unspecified atom stereocenters. The normalized spacial score (nSPS) is 10.5. The van der Waals surface area contributed by atoms with E-state index in [1.807, 2.05) is 18.2 Å². The van der Waals surface area contributed by atoms with Gasteiger partial charge < -0.3 is 10.2 Å². The van der Waals surface area contributed by atoms with Gasteiger partial charge in [-0.2, -0.15) is 0 Å². The summed E-state index contributed by atoms with van der Waals surface area (Å²) in [6, 6.07) is 7.43. The number of hydrogen-bond acceptors (Lipinski definition) is 3. The van der Waals surface area contributed by atoms with Gasteiger partial charge in [-0.05, 0) is 24.3 Å². The predicted octanol–water partition coefficient (Wildman–Crippen LogP) is 3.81. The molecule has 4 heteroatoms. The maximum Gasteiger partial charge on any atom is 0.0943 e. The highest BCUT2D eigenvalue weighted by molar-refractivity contribution is 7.98. The summed E-state index contributed by atoms with van der Waals surface area (Å²) in [5, 5.41) is 0.734. The van der Waals surface area contributed by atoms with Gasteiger partial charge >= 0.3 is 0 Å². The lowest BCUT2D eigenvalue weighted by Gasteiger charge is -2.03. The second kappa shape index (κ2) is 4.64. The lowest BCUT2D eigenvalue weighted by atomic mass is 10.3. The molecular formula is C11H10ClNOS. The summed E-state index contributed by atoms with van der Waals surface area (Å²) in [5.74, 6) is 0.833. The first-order chi connectivity index (χ1) is 7.25. The maximum atomic E-state index is 6.04. The summed E-state index contributed by atoms with van der Waals surface area (Å²) in [6.07, 6.45) is 3.39. The summed E-state index contributed by atoms with van der Waals surface area (Å²) in [4.78, 5) is 0.998. The Morgan fingerprint density at radius 2 is 2.20 bits per heavy atom. The molecule has 15 heavy (non-hydrogen) atoms. The smallest absolute Gasteiger partial charge is 0.0943 e. The van der Waals surface area contributed by atoms with Crippen molar-refractivity contribution in [2.45, 2.75) is 10.6 Å². The Morgan fingerprint density at radius 3 is 2.93 bits per heavy atom. The second-order valence-electron chi connectivity index (χ2n) is 3.11. The molecule has 2 N–H and O–H groups in total. The fourth-order valence-corrected chi connectivity index (χ4v) is 2.36. The van der Waals surface area contributed by atoms with Crippen LogP contribution in [0, 0.1) is 0 Å². The summed E-state index contributed by atoms with van der Waals surface area (Å²) < 4.78 is 4.99. The van der Waals surface area contributed by atoms with E-state index in [0.717, 1.165) is 26.9 Å². The Labute approximate surface area is 97.4 Å². The Kier molecular flexibility index (Phi) is 3.23. The van der Waals surface area contributed by atoms with E-state index in [4.69, 9.17) is 21.8 Å². The van der Waals surface area contributed by atoms with Crippen LogP contribution in [0.25, 0.3) is 0 Å². The van der Waals surface area contributed by atoms with E-state index in [2.05, 4.69) is 0 Å². The lowest BCUT2D eigenvalue weighted by molar-refractivity contribution is 0.565. The van der Waals surface area contributed by atoms with Crippen molar-refractivity contribution in [1.82, 2.24) is 0 Å². The SMILES string of the molecule is Nc1ccc(Cl)c(SCc2ccoc2)c1. The van der Waals surface area contributed by atoms with Crippen molar-refractivity contribution in [2.24, 2.45) is 0 Å². The van der Waals surface area contributed by atoms with Gasteiger partial charge in [0, 0.05) is 21.9 Å². The van der Waals surface area contributed by atoms with E-state index in [-0.39, 0.29) is 0 Å². The zero-order valence-electron chi connectivity index (χ0n) is 7.94. The van der Waals surface area contributed by atoms with Gasteiger partial charge in [0.1, 0.15) is 0 Å². The van der Waals surface area contributed by atoms with Crippen molar-refractivity contribution >= 4 is 29.1 Å². The Hall–Kier alpha value is -1.06. The highest BCUT2D eigenvalue weighted by Crippen LogP contribution is 2.31. The molecule has 78 valence electrons. The summed E-state index contributed by atoms with van der Waals surface area (Å²) in [7, 11) is 0. The molecule has 1 aromatic carbocycles. The molecule has 2 aromatic rings. The summed E-state index contributed by atoms with van der Waals surface area (Å²) in [5.41, 5.74) is 7.55. The average Bonchev–Trinajstić information content (AvgIpc) is 2.72. The summed E-state index contributed by atoms with van der Waals surface area (Å²) in [6.45, 7) is 0. The standard InChI is InChI=1S/C11H10ClNOS/c12-10-2-1-9(13)5-11(10)15-7-8-3-4-14-6-8/h1-6H,7,13H2. The summed E-state index contributed by atoms with van der Waals surface area (Å²) >= 11 is 7.68. The number of anilines is 1. The van der Waals surface area contributed by atoms with Crippen molar-refractivity contribution < 1.29 is 4.42 Å². The number of nitrogens with two attached hydrogens (primary N) is 1. The van der Waals surface area contributed by atoms with Crippen molar-refractivity contribution in [3.8, 4) is 0 Å². The molecule has 0 spiro atoms. The quantitative estimate of drug-likeness (QED) is 0.654. The molecule has 0 radical (unpaired) electrons. The molecular weight excluding hydrogens is 230 g/mol. The lowest BCUT2D eigenvalue weighted by Crippen LogP contribution is -1.85. The monoisotopic (exact) mass is 239 g/mol. The van der Waals surface area contributed by atoms with E-state index in [1.165, 1.54) is 0 Å². The number of hydrogen-bond donors (Lipinski definition) is 1. The van der Waals surface area contributed by atoms with Crippen LogP contribution in [-0.4, -0.2) is 0 Å². The second-order valence-corrected chi connectivity index (χ2v) is 4.53. The predicted molar refractivity (Wildman–Crippen MR) is 64.1 cm³/mol. The number of thioether (sulfide) groups is 1. The maximum absolute atomic E-state index is 6.04. The van der Waals surface area contributed by atoms with Crippen LogP contribution in [0.3, 0.4) is 0 Å². The number of halogens is 1. The molecule has 1 heterocycles. The molecule has 2 nitrogen and oxygen atoms in total. The third-order valence-corrected chi connectivity index (χ3v) is 3.50. The van der Waals surface area contributed by atoms with Crippen LogP contribution < -0.4 is 5.73 Å². The minimum atomic E-state index is 0.731. The van der Waals surface area contributed by atoms with Crippen LogP contribution in [0.2, 0.25) is 5.02 Å². The van der Waals surface area contributed by atoms with E-state index in [0.29, 0.717) is 0 Å². The molecule has 0 fully saturated rings. The van der Waals surface area contributed by atoms with Gasteiger partial charge in [-0.3, -0.25) is 0 Å². The third-order valence-electron chi connectivity index (χ3n) is 1.93. The largest absolute Gasteiger partial charge is 0.472 e. The van der Waals surface area contributed by atoms with Crippen molar-refractivity contribution in [3.63, 3.8) is 0 Å². The van der Waals surface area contributed by atoms with Gasteiger partial charge in [-0.1, -0.05) is 11.6 Å². The molecule has 0 aliphatic heterocycles. The highest BCUT2D eigenvalue weighted by atomic mass is 35.5. The fraction of sp³-hybridized carbons (Fsp3) is 0.0909. The Balaban J connectivity index is 2.07. The first kappa shape index (κ1) is 10.5. The van der Waals surface area contributed by atoms with Gasteiger partial charge in [0.2, 0.25) is 0 Å². The van der Waals surface area contributed by atoms with Gasteiger partial charge in [-0.15, -0.1) is 11.8 Å². The van der Waals surface area contributed by atoms with Gasteiger partial charge in [-0.25, -0.2) is 0 Å². The Morgan fingerprint density at radius 1 is 1.33 bits per heavy atom. The zero-order valence-corrected chi connectivity index (χ0v) is 9.52. The van der Waals surface area contributed by atoms with Gasteiger partial charge in [0.25, 0.3) is 0 Å². The molecule has 2 rings (SSSR count). The molecule has 0 bridgehead atoms. The van der Waals surface area contributed by atoms with Crippen molar-refractivity contribution in [2.75, 3.05) is 5.73 Å². The fourth-order valence-electron chi connectivity index (χ4n) is 1.17. The molecule has 0 atom stereocenters. The third kappa shape index (κ3) is 2.70. The molecule has 0 amide bonds. The van der Waals surface area contributed by atoms with Crippen LogP contribution in [0.4, 0.5) is 5.69 Å². The molecule has 0 saturated carbocycles.